The minimum absolute atomic E-state index is 0.295. The standard InChI is InChI=1S/C25H18BrFN4O2/c1-32-19-11-8-15(26)12-18(19)24-21-22(17-4-2-3-5-20(17)33-24)30-25-28-13-29-31(25)23(21)14-6-9-16(27)10-7-14/h2-13,23-24H,1H3,(H,28,29,30)/t23-,24-/m1/s1. The van der Waals surface area contributed by atoms with Gasteiger partial charge in [0.25, 0.3) is 0 Å². The van der Waals surface area contributed by atoms with Crippen LogP contribution in [0.4, 0.5) is 10.3 Å². The van der Waals surface area contributed by atoms with E-state index < -0.39 is 6.10 Å². The number of fused-ring (bicyclic) bond motifs is 3. The third kappa shape index (κ3) is 3.21. The van der Waals surface area contributed by atoms with Crippen LogP contribution in [0.3, 0.4) is 0 Å². The summed E-state index contributed by atoms with van der Waals surface area (Å²) in [6.45, 7) is 0. The molecule has 0 aliphatic carbocycles. The fourth-order valence-electron chi connectivity index (χ4n) is 4.55. The molecule has 2 aliphatic rings. The van der Waals surface area contributed by atoms with E-state index in [0.717, 1.165) is 38.2 Å². The molecule has 164 valence electrons. The van der Waals surface area contributed by atoms with E-state index in [1.807, 2.05) is 42.5 Å². The topological polar surface area (TPSA) is 61.2 Å². The molecular weight excluding hydrogens is 487 g/mol. The summed E-state index contributed by atoms with van der Waals surface area (Å²) in [4.78, 5) is 4.42. The SMILES string of the molecule is COc1ccc(Br)cc1[C@H]1Oc2ccccc2C2=C1[C@@H](c1ccc(F)cc1)n1ncnc1N2. The summed E-state index contributed by atoms with van der Waals surface area (Å²) in [5.74, 6) is 1.77. The first-order valence-electron chi connectivity index (χ1n) is 10.4. The number of anilines is 1. The molecule has 8 heteroatoms. The summed E-state index contributed by atoms with van der Waals surface area (Å²) in [5.41, 5.74) is 4.51. The maximum absolute atomic E-state index is 13.8. The molecule has 33 heavy (non-hydrogen) atoms. The third-order valence-electron chi connectivity index (χ3n) is 5.98. The molecule has 0 radical (unpaired) electrons. The fourth-order valence-corrected chi connectivity index (χ4v) is 4.93. The molecule has 6 nitrogen and oxygen atoms in total. The quantitative estimate of drug-likeness (QED) is 0.385. The zero-order valence-electron chi connectivity index (χ0n) is 17.5. The van der Waals surface area contributed by atoms with Crippen molar-refractivity contribution in [2.75, 3.05) is 12.4 Å². The Morgan fingerprint density at radius 3 is 2.73 bits per heavy atom. The average molecular weight is 505 g/mol. The van der Waals surface area contributed by atoms with Crippen LogP contribution in [0.2, 0.25) is 0 Å². The second kappa shape index (κ2) is 7.74. The summed E-state index contributed by atoms with van der Waals surface area (Å²) in [5, 5.41) is 7.95. The van der Waals surface area contributed by atoms with Crippen molar-refractivity contribution in [1.82, 2.24) is 14.8 Å². The van der Waals surface area contributed by atoms with E-state index in [1.54, 1.807) is 23.9 Å². The number of aromatic nitrogens is 3. The van der Waals surface area contributed by atoms with E-state index in [2.05, 4.69) is 31.3 Å². The van der Waals surface area contributed by atoms with Crippen molar-refractivity contribution < 1.29 is 13.9 Å². The molecule has 1 aromatic heterocycles. The maximum Gasteiger partial charge on any atom is 0.226 e. The van der Waals surface area contributed by atoms with E-state index in [9.17, 15) is 4.39 Å². The third-order valence-corrected chi connectivity index (χ3v) is 6.47. The number of hydrogen-bond donors (Lipinski definition) is 1. The summed E-state index contributed by atoms with van der Waals surface area (Å²) in [6.07, 6.45) is 1.03. The second-order valence-corrected chi connectivity index (χ2v) is 8.73. The Morgan fingerprint density at radius 1 is 1.09 bits per heavy atom. The van der Waals surface area contributed by atoms with Gasteiger partial charge >= 0.3 is 0 Å². The number of rotatable bonds is 3. The number of hydrogen-bond acceptors (Lipinski definition) is 5. The first-order chi connectivity index (χ1) is 16.1. The van der Waals surface area contributed by atoms with Gasteiger partial charge < -0.3 is 14.8 Å². The zero-order chi connectivity index (χ0) is 22.5. The molecule has 0 saturated heterocycles. The number of nitrogens with zero attached hydrogens (tertiary/aromatic N) is 3. The van der Waals surface area contributed by atoms with Crippen LogP contribution in [-0.4, -0.2) is 21.9 Å². The van der Waals surface area contributed by atoms with Crippen molar-refractivity contribution in [3.8, 4) is 11.5 Å². The van der Waals surface area contributed by atoms with E-state index in [-0.39, 0.29) is 11.9 Å². The van der Waals surface area contributed by atoms with Crippen molar-refractivity contribution in [3.05, 3.63) is 106 Å². The Kier molecular flexibility index (Phi) is 4.69. The van der Waals surface area contributed by atoms with Gasteiger partial charge in [0.05, 0.1) is 12.8 Å². The van der Waals surface area contributed by atoms with Gasteiger partial charge in [0.1, 0.15) is 29.7 Å². The lowest BCUT2D eigenvalue weighted by molar-refractivity contribution is 0.217. The first kappa shape index (κ1) is 20.0. The largest absolute Gasteiger partial charge is 0.496 e. The molecule has 4 aromatic rings. The monoisotopic (exact) mass is 504 g/mol. The molecular formula is C25H18BrFN4O2. The van der Waals surface area contributed by atoms with Gasteiger partial charge in [0.15, 0.2) is 6.10 Å². The minimum Gasteiger partial charge on any atom is -0.496 e. The normalized spacial score (nSPS) is 18.5. The maximum atomic E-state index is 13.8. The van der Waals surface area contributed by atoms with Gasteiger partial charge in [-0.05, 0) is 48.0 Å². The van der Waals surface area contributed by atoms with Crippen LogP contribution >= 0.6 is 15.9 Å². The molecule has 3 aromatic carbocycles. The molecule has 0 saturated carbocycles. The highest BCUT2D eigenvalue weighted by molar-refractivity contribution is 9.10. The van der Waals surface area contributed by atoms with Crippen molar-refractivity contribution >= 4 is 27.6 Å². The Balaban J connectivity index is 1.65. The lowest BCUT2D eigenvalue weighted by Gasteiger charge is -2.39. The van der Waals surface area contributed by atoms with Crippen LogP contribution < -0.4 is 14.8 Å². The smallest absolute Gasteiger partial charge is 0.226 e. The summed E-state index contributed by atoms with van der Waals surface area (Å²) < 4.78 is 28.8. The Bertz CT molecular complexity index is 1400. The second-order valence-electron chi connectivity index (χ2n) is 7.82. The van der Waals surface area contributed by atoms with Crippen LogP contribution in [0.25, 0.3) is 5.70 Å². The van der Waals surface area contributed by atoms with Gasteiger partial charge in [-0.1, -0.05) is 40.2 Å². The molecule has 0 fully saturated rings. The number of para-hydroxylation sites is 1. The van der Waals surface area contributed by atoms with Gasteiger partial charge in [-0.15, -0.1) is 0 Å². The molecule has 3 heterocycles. The van der Waals surface area contributed by atoms with E-state index in [0.29, 0.717) is 11.7 Å². The predicted molar refractivity (Wildman–Crippen MR) is 126 cm³/mol. The van der Waals surface area contributed by atoms with E-state index in [1.165, 1.54) is 18.5 Å². The van der Waals surface area contributed by atoms with Crippen LogP contribution in [0.15, 0.2) is 83.1 Å². The van der Waals surface area contributed by atoms with E-state index in [4.69, 9.17) is 9.47 Å². The van der Waals surface area contributed by atoms with Crippen molar-refractivity contribution in [2.45, 2.75) is 12.1 Å². The summed E-state index contributed by atoms with van der Waals surface area (Å²) in [6, 6.07) is 19.8. The number of nitrogens with one attached hydrogen (secondary N) is 1. The molecule has 1 N–H and O–H groups in total. The molecule has 0 spiro atoms. The minimum atomic E-state index is -0.484. The lowest BCUT2D eigenvalue weighted by atomic mass is 9.84. The van der Waals surface area contributed by atoms with Gasteiger partial charge in [-0.2, -0.15) is 10.1 Å². The highest BCUT2D eigenvalue weighted by atomic mass is 79.9. The molecule has 0 unspecified atom stereocenters. The van der Waals surface area contributed by atoms with Gasteiger partial charge in [0, 0.05) is 21.2 Å². The molecule has 2 aliphatic heterocycles. The van der Waals surface area contributed by atoms with Crippen LogP contribution in [0.5, 0.6) is 11.5 Å². The lowest BCUT2D eigenvalue weighted by Crippen LogP contribution is -2.32. The number of halogens is 2. The zero-order valence-corrected chi connectivity index (χ0v) is 19.1. The van der Waals surface area contributed by atoms with Crippen molar-refractivity contribution in [3.63, 3.8) is 0 Å². The van der Waals surface area contributed by atoms with Gasteiger partial charge in [-0.3, -0.25) is 0 Å². The Morgan fingerprint density at radius 2 is 1.91 bits per heavy atom. The average Bonchev–Trinajstić information content (AvgIpc) is 3.31. The predicted octanol–water partition coefficient (Wildman–Crippen LogP) is 5.75. The Hall–Kier alpha value is -3.65. The van der Waals surface area contributed by atoms with Crippen LogP contribution in [-0.2, 0) is 0 Å². The highest BCUT2D eigenvalue weighted by Crippen LogP contribution is 2.52. The molecule has 0 bridgehead atoms. The summed E-state index contributed by atoms with van der Waals surface area (Å²) in [7, 11) is 1.64. The van der Waals surface area contributed by atoms with Gasteiger partial charge in [0.2, 0.25) is 5.95 Å². The van der Waals surface area contributed by atoms with E-state index >= 15 is 0 Å². The van der Waals surface area contributed by atoms with Crippen molar-refractivity contribution in [1.29, 1.82) is 0 Å². The van der Waals surface area contributed by atoms with Crippen molar-refractivity contribution in [2.24, 2.45) is 0 Å². The first-order valence-corrected chi connectivity index (χ1v) is 11.2. The molecule has 2 atom stereocenters. The molecule has 0 amide bonds. The molecule has 6 rings (SSSR count). The Labute approximate surface area is 197 Å². The van der Waals surface area contributed by atoms with Crippen LogP contribution in [0, 0.1) is 5.82 Å². The van der Waals surface area contributed by atoms with Crippen LogP contribution in [0.1, 0.15) is 28.8 Å². The number of benzene rings is 3. The highest BCUT2D eigenvalue weighted by Gasteiger charge is 2.41. The number of methoxy groups -OCH3 is 1. The fraction of sp³-hybridized carbons (Fsp3) is 0.120. The van der Waals surface area contributed by atoms with Gasteiger partial charge in [-0.25, -0.2) is 9.07 Å². The summed E-state index contributed by atoms with van der Waals surface area (Å²) >= 11 is 3.59. The number of ether oxygens (including phenoxy) is 2.